The van der Waals surface area contributed by atoms with Gasteiger partial charge in [-0.15, -0.1) is 0 Å². The van der Waals surface area contributed by atoms with Crippen LogP contribution in [0.2, 0.25) is 0 Å². The van der Waals surface area contributed by atoms with E-state index in [-0.39, 0.29) is 11.8 Å². The summed E-state index contributed by atoms with van der Waals surface area (Å²) in [6.07, 6.45) is 10.6. The van der Waals surface area contributed by atoms with Crippen LogP contribution in [0.25, 0.3) is 0 Å². The summed E-state index contributed by atoms with van der Waals surface area (Å²) >= 11 is 0. The highest BCUT2D eigenvalue weighted by Gasteiger charge is 2.20. The Hall–Kier alpha value is -1.71. The minimum absolute atomic E-state index is 0.0509. The molecule has 17 heavy (non-hydrogen) atoms. The maximum Gasteiger partial charge on any atom is 0.243 e. The van der Waals surface area contributed by atoms with Crippen molar-refractivity contribution in [3.63, 3.8) is 0 Å². The van der Waals surface area contributed by atoms with Crippen molar-refractivity contribution in [2.24, 2.45) is 11.0 Å². The molecule has 1 heterocycles. The molecule has 1 aliphatic carbocycles. The van der Waals surface area contributed by atoms with Crippen LogP contribution < -0.4 is 5.43 Å². The standard InChI is InChI=1S/C13H17N3O/c17-13(12-4-2-1-3-5-12)16-15-10-11-6-8-14-9-7-11/h6-10,12H,1-5H2,(H,16,17)/b15-10+. The smallest absolute Gasteiger partial charge is 0.243 e. The highest BCUT2D eigenvalue weighted by Crippen LogP contribution is 2.23. The first-order valence-corrected chi connectivity index (χ1v) is 6.09. The van der Waals surface area contributed by atoms with Crippen LogP contribution in [0.15, 0.2) is 29.6 Å². The lowest BCUT2D eigenvalue weighted by molar-refractivity contribution is -0.125. The van der Waals surface area contributed by atoms with Crippen molar-refractivity contribution in [3.05, 3.63) is 30.1 Å². The number of carbonyl (C=O) groups is 1. The van der Waals surface area contributed by atoms with Gasteiger partial charge in [-0.3, -0.25) is 9.78 Å². The fourth-order valence-electron chi connectivity index (χ4n) is 2.08. The van der Waals surface area contributed by atoms with Crippen molar-refractivity contribution in [1.29, 1.82) is 0 Å². The second-order valence-electron chi connectivity index (χ2n) is 4.35. The Balaban J connectivity index is 1.81. The Bertz CT molecular complexity index is 383. The number of hydrogen-bond acceptors (Lipinski definition) is 3. The summed E-state index contributed by atoms with van der Waals surface area (Å²) in [6.45, 7) is 0. The van der Waals surface area contributed by atoms with Gasteiger partial charge < -0.3 is 0 Å². The van der Waals surface area contributed by atoms with Gasteiger partial charge in [0.2, 0.25) is 5.91 Å². The number of hydrogen-bond donors (Lipinski definition) is 1. The summed E-state index contributed by atoms with van der Waals surface area (Å²) in [5.41, 5.74) is 3.55. The lowest BCUT2D eigenvalue weighted by Gasteiger charge is -2.19. The maximum absolute atomic E-state index is 11.8. The van der Waals surface area contributed by atoms with Gasteiger partial charge in [-0.05, 0) is 30.5 Å². The van der Waals surface area contributed by atoms with Crippen molar-refractivity contribution in [1.82, 2.24) is 10.4 Å². The third-order valence-corrected chi connectivity index (χ3v) is 3.07. The van der Waals surface area contributed by atoms with E-state index in [1.165, 1.54) is 6.42 Å². The Morgan fingerprint density at radius 2 is 2.00 bits per heavy atom. The second kappa shape index (κ2) is 6.13. The van der Waals surface area contributed by atoms with Crippen molar-refractivity contribution < 1.29 is 4.79 Å². The summed E-state index contributed by atoms with van der Waals surface area (Å²) < 4.78 is 0. The summed E-state index contributed by atoms with van der Waals surface area (Å²) in [7, 11) is 0. The summed E-state index contributed by atoms with van der Waals surface area (Å²) in [5, 5.41) is 3.96. The number of nitrogens with zero attached hydrogens (tertiary/aromatic N) is 2. The Labute approximate surface area is 101 Å². The molecule has 0 aliphatic heterocycles. The van der Waals surface area contributed by atoms with Crippen LogP contribution in [0.3, 0.4) is 0 Å². The van der Waals surface area contributed by atoms with Gasteiger partial charge in [0.25, 0.3) is 0 Å². The molecule has 0 atom stereocenters. The van der Waals surface area contributed by atoms with Crippen LogP contribution in [0, 0.1) is 5.92 Å². The van der Waals surface area contributed by atoms with Gasteiger partial charge in [0, 0.05) is 18.3 Å². The van der Waals surface area contributed by atoms with E-state index in [2.05, 4.69) is 15.5 Å². The zero-order valence-electron chi connectivity index (χ0n) is 9.80. The van der Waals surface area contributed by atoms with Gasteiger partial charge in [-0.1, -0.05) is 19.3 Å². The first-order valence-electron chi connectivity index (χ1n) is 6.09. The number of pyridine rings is 1. The maximum atomic E-state index is 11.8. The van der Waals surface area contributed by atoms with Crippen LogP contribution in [0.1, 0.15) is 37.7 Å². The number of amides is 1. The number of carbonyl (C=O) groups excluding carboxylic acids is 1. The van der Waals surface area contributed by atoms with E-state index in [0.29, 0.717) is 0 Å². The molecule has 1 N–H and O–H groups in total. The van der Waals surface area contributed by atoms with Crippen LogP contribution in [-0.2, 0) is 4.79 Å². The molecular formula is C13H17N3O. The van der Waals surface area contributed by atoms with Gasteiger partial charge in [0.05, 0.1) is 6.21 Å². The molecule has 4 nitrogen and oxygen atoms in total. The van der Waals surface area contributed by atoms with Gasteiger partial charge in [0.1, 0.15) is 0 Å². The quantitative estimate of drug-likeness (QED) is 0.640. The van der Waals surface area contributed by atoms with Gasteiger partial charge in [-0.2, -0.15) is 5.10 Å². The van der Waals surface area contributed by atoms with Crippen molar-refractivity contribution >= 4 is 12.1 Å². The van der Waals surface area contributed by atoms with Crippen molar-refractivity contribution in [3.8, 4) is 0 Å². The average molecular weight is 231 g/mol. The summed E-state index contributed by atoms with van der Waals surface area (Å²) in [6, 6.07) is 3.69. The zero-order valence-corrected chi connectivity index (χ0v) is 9.80. The van der Waals surface area contributed by atoms with E-state index < -0.39 is 0 Å². The van der Waals surface area contributed by atoms with Crippen LogP contribution in [0.4, 0.5) is 0 Å². The highest BCUT2D eigenvalue weighted by molar-refractivity contribution is 5.83. The zero-order chi connectivity index (χ0) is 11.9. The topological polar surface area (TPSA) is 54.4 Å². The molecule has 1 saturated carbocycles. The molecule has 2 rings (SSSR count). The van der Waals surface area contributed by atoms with E-state index in [1.54, 1.807) is 18.6 Å². The predicted molar refractivity (Wildman–Crippen MR) is 66.5 cm³/mol. The lowest BCUT2D eigenvalue weighted by atomic mass is 9.89. The molecule has 0 unspecified atom stereocenters. The highest BCUT2D eigenvalue weighted by atomic mass is 16.2. The Morgan fingerprint density at radius 3 is 2.71 bits per heavy atom. The molecule has 90 valence electrons. The molecule has 1 amide bonds. The molecule has 0 spiro atoms. The Kier molecular flexibility index (Phi) is 4.24. The monoisotopic (exact) mass is 231 g/mol. The number of rotatable bonds is 3. The second-order valence-corrected chi connectivity index (χ2v) is 4.35. The van der Waals surface area contributed by atoms with Gasteiger partial charge in [-0.25, -0.2) is 5.43 Å². The molecule has 0 saturated heterocycles. The molecule has 1 fully saturated rings. The van der Waals surface area contributed by atoms with E-state index >= 15 is 0 Å². The molecule has 1 aliphatic rings. The third-order valence-electron chi connectivity index (χ3n) is 3.07. The summed E-state index contributed by atoms with van der Waals surface area (Å²) in [5.74, 6) is 0.202. The summed E-state index contributed by atoms with van der Waals surface area (Å²) in [4.78, 5) is 15.7. The number of hydrazone groups is 1. The van der Waals surface area contributed by atoms with Crippen LogP contribution in [0.5, 0.6) is 0 Å². The normalized spacial score (nSPS) is 17.2. The van der Waals surface area contributed by atoms with Gasteiger partial charge in [0.15, 0.2) is 0 Å². The predicted octanol–water partition coefficient (Wildman–Crippen LogP) is 2.11. The largest absolute Gasteiger partial charge is 0.273 e. The molecule has 4 heteroatoms. The first kappa shape index (κ1) is 11.8. The molecule has 1 aromatic heterocycles. The van der Waals surface area contributed by atoms with Crippen molar-refractivity contribution in [2.75, 3.05) is 0 Å². The van der Waals surface area contributed by atoms with E-state index in [4.69, 9.17) is 0 Å². The molecular weight excluding hydrogens is 214 g/mol. The third kappa shape index (κ3) is 3.66. The van der Waals surface area contributed by atoms with E-state index in [9.17, 15) is 4.79 Å². The van der Waals surface area contributed by atoms with E-state index in [0.717, 1.165) is 31.2 Å². The van der Waals surface area contributed by atoms with Crippen molar-refractivity contribution in [2.45, 2.75) is 32.1 Å². The molecule has 0 bridgehead atoms. The Morgan fingerprint density at radius 1 is 1.29 bits per heavy atom. The molecule has 1 aromatic rings. The fourth-order valence-corrected chi connectivity index (χ4v) is 2.08. The van der Waals surface area contributed by atoms with Crippen LogP contribution >= 0.6 is 0 Å². The molecule has 0 radical (unpaired) electrons. The SMILES string of the molecule is O=C(N/N=C/c1ccncc1)C1CCCCC1. The minimum atomic E-state index is 0.0509. The van der Waals surface area contributed by atoms with Crippen LogP contribution in [-0.4, -0.2) is 17.1 Å². The number of nitrogens with one attached hydrogen (secondary N) is 1. The number of aromatic nitrogens is 1. The minimum Gasteiger partial charge on any atom is -0.273 e. The molecule has 0 aromatic carbocycles. The lowest BCUT2D eigenvalue weighted by Crippen LogP contribution is -2.28. The van der Waals surface area contributed by atoms with E-state index in [1.807, 2.05) is 12.1 Å². The van der Waals surface area contributed by atoms with Gasteiger partial charge >= 0.3 is 0 Å². The fraction of sp³-hybridized carbons (Fsp3) is 0.462. The first-order chi connectivity index (χ1) is 8.36. The average Bonchev–Trinajstić information content (AvgIpc) is 2.41.